The van der Waals surface area contributed by atoms with Crippen molar-refractivity contribution in [2.75, 3.05) is 13.7 Å². The standard InChI is InChI=1S/C23H24N2O5/c1-12(2)18-10-16(15-8-6-7-9-17(15)25-18)22(27)30-11-19(26)21-13(3)20(14(4)24-21)23(28)29-5/h6-10,12,24H,11H2,1-5H3. The van der Waals surface area contributed by atoms with E-state index in [1.807, 2.05) is 32.0 Å². The van der Waals surface area contributed by atoms with Crippen molar-refractivity contribution in [2.45, 2.75) is 33.6 Å². The number of nitrogens with zero attached hydrogens (tertiary/aromatic N) is 1. The highest BCUT2D eigenvalue weighted by Gasteiger charge is 2.24. The maximum atomic E-state index is 12.8. The summed E-state index contributed by atoms with van der Waals surface area (Å²) in [7, 11) is 1.28. The Morgan fingerprint density at radius 2 is 1.80 bits per heavy atom. The maximum absolute atomic E-state index is 12.8. The number of Topliss-reactive ketones (excluding diaryl/α,β-unsaturated/α-hetero) is 1. The van der Waals surface area contributed by atoms with Crippen LogP contribution in [0.4, 0.5) is 0 Å². The summed E-state index contributed by atoms with van der Waals surface area (Å²) in [6, 6.07) is 9.02. The number of aromatic amines is 1. The zero-order chi connectivity index (χ0) is 22.0. The number of ketones is 1. The van der Waals surface area contributed by atoms with Gasteiger partial charge in [0.1, 0.15) is 0 Å². The Hall–Kier alpha value is -3.48. The number of carbonyl (C=O) groups excluding carboxylic acids is 3. The largest absolute Gasteiger partial charge is 0.465 e. The highest BCUT2D eigenvalue weighted by atomic mass is 16.5. The second-order valence-corrected chi connectivity index (χ2v) is 7.38. The molecule has 0 unspecified atom stereocenters. The number of carbonyl (C=O) groups is 3. The Bertz CT molecular complexity index is 1140. The molecule has 7 nitrogen and oxygen atoms in total. The maximum Gasteiger partial charge on any atom is 0.339 e. The summed E-state index contributed by atoms with van der Waals surface area (Å²) >= 11 is 0. The molecule has 1 N–H and O–H groups in total. The van der Waals surface area contributed by atoms with Gasteiger partial charge in [0.15, 0.2) is 6.61 Å². The molecule has 30 heavy (non-hydrogen) atoms. The van der Waals surface area contributed by atoms with Gasteiger partial charge in [0.25, 0.3) is 0 Å². The number of nitrogens with one attached hydrogen (secondary N) is 1. The van der Waals surface area contributed by atoms with Crippen LogP contribution in [0, 0.1) is 13.8 Å². The monoisotopic (exact) mass is 408 g/mol. The third-order valence-electron chi connectivity index (χ3n) is 4.99. The minimum absolute atomic E-state index is 0.129. The molecule has 0 saturated carbocycles. The molecular formula is C23H24N2O5. The van der Waals surface area contributed by atoms with E-state index in [-0.39, 0.29) is 11.6 Å². The van der Waals surface area contributed by atoms with Crippen molar-refractivity contribution in [1.82, 2.24) is 9.97 Å². The molecule has 0 atom stereocenters. The number of ether oxygens (including phenoxy) is 2. The molecule has 1 aromatic carbocycles. The smallest absolute Gasteiger partial charge is 0.339 e. The first-order valence-electron chi connectivity index (χ1n) is 9.62. The van der Waals surface area contributed by atoms with E-state index in [1.54, 1.807) is 26.0 Å². The summed E-state index contributed by atoms with van der Waals surface area (Å²) in [4.78, 5) is 44.8. The van der Waals surface area contributed by atoms with Gasteiger partial charge in [-0.15, -0.1) is 0 Å². The van der Waals surface area contributed by atoms with Gasteiger partial charge in [0, 0.05) is 16.8 Å². The quantitative estimate of drug-likeness (QED) is 0.486. The summed E-state index contributed by atoms with van der Waals surface area (Å²) < 4.78 is 10.1. The van der Waals surface area contributed by atoms with E-state index in [4.69, 9.17) is 9.47 Å². The van der Waals surface area contributed by atoms with E-state index in [0.29, 0.717) is 33.3 Å². The van der Waals surface area contributed by atoms with Crippen molar-refractivity contribution in [3.8, 4) is 0 Å². The molecule has 0 aliphatic rings. The Morgan fingerprint density at radius 3 is 2.47 bits per heavy atom. The van der Waals surface area contributed by atoms with Crippen molar-refractivity contribution in [3.05, 3.63) is 64.1 Å². The summed E-state index contributed by atoms with van der Waals surface area (Å²) in [5.41, 5.74) is 3.36. The predicted octanol–water partition coefficient (Wildman–Crippen LogP) is 4.13. The van der Waals surface area contributed by atoms with Crippen molar-refractivity contribution >= 4 is 28.6 Å². The molecule has 0 aliphatic heterocycles. The van der Waals surface area contributed by atoms with Crippen LogP contribution in [-0.4, -0.2) is 41.4 Å². The van der Waals surface area contributed by atoms with Gasteiger partial charge >= 0.3 is 11.9 Å². The van der Waals surface area contributed by atoms with Crippen LogP contribution in [0.25, 0.3) is 10.9 Å². The van der Waals surface area contributed by atoms with E-state index in [0.717, 1.165) is 5.69 Å². The Balaban J connectivity index is 1.85. The highest BCUT2D eigenvalue weighted by molar-refractivity contribution is 6.06. The number of rotatable bonds is 6. The van der Waals surface area contributed by atoms with E-state index in [1.165, 1.54) is 7.11 Å². The van der Waals surface area contributed by atoms with Crippen molar-refractivity contribution in [3.63, 3.8) is 0 Å². The van der Waals surface area contributed by atoms with Gasteiger partial charge in [0.2, 0.25) is 5.78 Å². The Morgan fingerprint density at radius 1 is 1.10 bits per heavy atom. The fourth-order valence-electron chi connectivity index (χ4n) is 3.38. The zero-order valence-corrected chi connectivity index (χ0v) is 17.7. The van der Waals surface area contributed by atoms with Crippen LogP contribution >= 0.6 is 0 Å². The molecule has 2 heterocycles. The van der Waals surface area contributed by atoms with Crippen LogP contribution in [0.15, 0.2) is 30.3 Å². The first-order valence-corrected chi connectivity index (χ1v) is 9.62. The fraction of sp³-hybridized carbons (Fsp3) is 0.304. The molecule has 3 aromatic rings. The second-order valence-electron chi connectivity index (χ2n) is 7.38. The van der Waals surface area contributed by atoms with Gasteiger partial charge in [-0.3, -0.25) is 9.78 Å². The van der Waals surface area contributed by atoms with Crippen molar-refractivity contribution < 1.29 is 23.9 Å². The van der Waals surface area contributed by atoms with E-state index >= 15 is 0 Å². The first kappa shape index (κ1) is 21.2. The van der Waals surface area contributed by atoms with E-state index in [2.05, 4.69) is 9.97 Å². The number of aryl methyl sites for hydroxylation is 1. The van der Waals surface area contributed by atoms with Crippen molar-refractivity contribution in [2.24, 2.45) is 0 Å². The van der Waals surface area contributed by atoms with Crippen LogP contribution < -0.4 is 0 Å². The lowest BCUT2D eigenvalue weighted by molar-refractivity contribution is 0.0474. The van der Waals surface area contributed by atoms with Gasteiger partial charge in [0.05, 0.1) is 29.4 Å². The van der Waals surface area contributed by atoms with Gasteiger partial charge in [-0.05, 0) is 37.5 Å². The predicted molar refractivity (Wildman–Crippen MR) is 112 cm³/mol. The molecule has 7 heteroatoms. The number of para-hydroxylation sites is 1. The average molecular weight is 408 g/mol. The van der Waals surface area contributed by atoms with Gasteiger partial charge in [-0.25, -0.2) is 9.59 Å². The third kappa shape index (κ3) is 3.96. The number of aromatic nitrogens is 2. The Kier molecular flexibility index (Phi) is 6.01. The molecule has 0 fully saturated rings. The number of fused-ring (bicyclic) bond motifs is 1. The second kappa shape index (κ2) is 8.49. The average Bonchev–Trinajstić information content (AvgIpc) is 3.04. The molecule has 3 rings (SSSR count). The Labute approximate surface area is 174 Å². The number of pyridine rings is 1. The molecule has 0 saturated heterocycles. The van der Waals surface area contributed by atoms with Crippen LogP contribution in [0.5, 0.6) is 0 Å². The number of hydrogen-bond donors (Lipinski definition) is 1. The molecule has 2 aromatic heterocycles. The molecule has 0 spiro atoms. The summed E-state index contributed by atoms with van der Waals surface area (Å²) in [5, 5.41) is 0.666. The lowest BCUT2D eigenvalue weighted by Gasteiger charge is -2.11. The topological polar surface area (TPSA) is 98.4 Å². The molecule has 0 bridgehead atoms. The zero-order valence-electron chi connectivity index (χ0n) is 17.7. The summed E-state index contributed by atoms with van der Waals surface area (Å²) in [5.74, 6) is -1.43. The van der Waals surface area contributed by atoms with Crippen molar-refractivity contribution in [1.29, 1.82) is 0 Å². The third-order valence-corrected chi connectivity index (χ3v) is 4.99. The van der Waals surface area contributed by atoms with Crippen LogP contribution in [-0.2, 0) is 9.47 Å². The number of H-pyrrole nitrogens is 1. The molecule has 0 radical (unpaired) electrons. The molecule has 0 amide bonds. The number of methoxy groups -OCH3 is 1. The fourth-order valence-corrected chi connectivity index (χ4v) is 3.38. The SMILES string of the molecule is COC(=O)c1c(C)[nH]c(C(=O)COC(=O)c2cc(C(C)C)nc3ccccc23)c1C. The molecule has 156 valence electrons. The van der Waals surface area contributed by atoms with Crippen LogP contribution in [0.2, 0.25) is 0 Å². The number of hydrogen-bond acceptors (Lipinski definition) is 6. The van der Waals surface area contributed by atoms with E-state index in [9.17, 15) is 14.4 Å². The molecular weight excluding hydrogens is 384 g/mol. The lowest BCUT2D eigenvalue weighted by atomic mass is 10.0. The summed E-state index contributed by atoms with van der Waals surface area (Å²) in [6.07, 6.45) is 0. The first-order chi connectivity index (χ1) is 14.2. The highest BCUT2D eigenvalue weighted by Crippen LogP contribution is 2.24. The molecule has 0 aliphatic carbocycles. The van der Waals surface area contributed by atoms with Crippen LogP contribution in [0.1, 0.15) is 67.9 Å². The summed E-state index contributed by atoms with van der Waals surface area (Å²) in [6.45, 7) is 6.86. The van der Waals surface area contributed by atoms with Gasteiger partial charge in [-0.1, -0.05) is 32.0 Å². The van der Waals surface area contributed by atoms with E-state index < -0.39 is 24.3 Å². The lowest BCUT2D eigenvalue weighted by Crippen LogP contribution is -2.16. The van der Waals surface area contributed by atoms with Gasteiger partial charge in [-0.2, -0.15) is 0 Å². The number of esters is 2. The minimum Gasteiger partial charge on any atom is -0.465 e. The minimum atomic E-state index is -0.599. The number of benzene rings is 1. The van der Waals surface area contributed by atoms with Crippen LogP contribution in [0.3, 0.4) is 0 Å². The van der Waals surface area contributed by atoms with Gasteiger partial charge < -0.3 is 14.5 Å². The normalized spacial score (nSPS) is 11.0.